The Balaban J connectivity index is -0.00000198. The average Bonchev–Trinajstić information content (AvgIpc) is 0.950. The van der Waals surface area contributed by atoms with E-state index in [0.29, 0.717) is 102 Å². The van der Waals surface area contributed by atoms with E-state index in [0.717, 1.165) is 175 Å². The van der Waals surface area contributed by atoms with Gasteiger partial charge in [0.2, 0.25) is 0 Å². The molecule has 0 saturated carbocycles. The number of nitrogens with zero attached hydrogens (tertiary/aromatic N) is 4. The van der Waals surface area contributed by atoms with E-state index >= 15 is 0 Å². The third-order valence-corrected chi connectivity index (χ3v) is 23.8. The van der Waals surface area contributed by atoms with Crippen molar-refractivity contribution < 1.29 is 61.9 Å². The van der Waals surface area contributed by atoms with Crippen molar-refractivity contribution in [2.24, 2.45) is 11.8 Å². The molecule has 0 aromatic carbocycles. The number of ketones is 1. The molecule has 0 saturated heterocycles. The minimum atomic E-state index is -0.648. The Morgan fingerprint density at radius 2 is 0.454 bits per heavy atom. The fraction of sp³-hybridized carbons (Fsp3) is 0.941. The van der Waals surface area contributed by atoms with E-state index in [1.54, 1.807) is 6.92 Å². The topological polar surface area (TPSA) is 180 Å². The van der Waals surface area contributed by atoms with Gasteiger partial charge in [-0.2, -0.15) is 0 Å². The zero-order chi connectivity index (χ0) is 88.2. The first-order chi connectivity index (χ1) is 58.0. The number of Topliss-reactive ketones (excluding diaryl/α,β-unsaturated/α-hetero) is 1. The maximum absolute atomic E-state index is 12.9. The quantitative estimate of drug-likeness (QED) is 0.0318. The molecule has 0 aliphatic carbocycles. The second-order valence-corrected chi connectivity index (χ2v) is 34.9. The van der Waals surface area contributed by atoms with Crippen LogP contribution in [0.4, 0.5) is 9.59 Å². The van der Waals surface area contributed by atoms with Gasteiger partial charge in [0.25, 0.3) is 0 Å². The molecule has 0 aromatic heterocycles. The van der Waals surface area contributed by atoms with Crippen molar-refractivity contribution in [3.05, 3.63) is 0 Å². The van der Waals surface area contributed by atoms with Crippen LogP contribution in [0, 0.1) is 11.8 Å². The summed E-state index contributed by atoms with van der Waals surface area (Å²) in [5, 5.41) is 0. The molecular formula is C102H202N4O13. The lowest BCUT2D eigenvalue weighted by Crippen LogP contribution is -2.39. The molecular weight excluding hydrogens is 1490 g/mol. The molecule has 0 heterocycles. The summed E-state index contributed by atoms with van der Waals surface area (Å²) in [6.45, 7) is 43.0. The zero-order valence-electron chi connectivity index (χ0n) is 81.6. The largest absolute Gasteiger partial charge is 0.508 e. The summed E-state index contributed by atoms with van der Waals surface area (Å²) in [5.74, 6) is 0.881. The van der Waals surface area contributed by atoms with Gasteiger partial charge in [-0.25, -0.2) is 9.59 Å². The third-order valence-electron chi connectivity index (χ3n) is 23.8. The van der Waals surface area contributed by atoms with Gasteiger partial charge < -0.3 is 47.8 Å². The molecule has 0 aliphatic rings. The fourth-order valence-electron chi connectivity index (χ4n) is 15.5. The second-order valence-electron chi connectivity index (χ2n) is 34.9. The minimum Gasteiger partial charge on any atom is -0.465 e. The van der Waals surface area contributed by atoms with Gasteiger partial charge in [0.05, 0.1) is 13.2 Å². The molecule has 0 radical (unpaired) electrons. The molecule has 0 aliphatic heterocycles. The number of rotatable bonds is 89. The van der Waals surface area contributed by atoms with E-state index in [2.05, 4.69) is 110 Å². The molecule has 119 heavy (non-hydrogen) atoms. The van der Waals surface area contributed by atoms with Crippen molar-refractivity contribution in [1.82, 2.24) is 19.6 Å². The minimum absolute atomic E-state index is 0.116. The van der Waals surface area contributed by atoms with Gasteiger partial charge in [-0.05, 0) is 148 Å². The van der Waals surface area contributed by atoms with Crippen LogP contribution in [0.1, 0.15) is 489 Å². The van der Waals surface area contributed by atoms with Crippen LogP contribution in [-0.4, -0.2) is 179 Å². The first kappa shape index (κ1) is 120. The normalized spacial score (nSPS) is 12.4. The van der Waals surface area contributed by atoms with Crippen LogP contribution in [-0.2, 0) is 52.3 Å². The molecule has 17 nitrogen and oxygen atoms in total. The summed E-state index contributed by atoms with van der Waals surface area (Å²) in [6.07, 6.45) is 67.4. The molecule has 0 amide bonds. The molecule has 0 spiro atoms. The van der Waals surface area contributed by atoms with E-state index in [-0.39, 0.29) is 36.7 Å². The molecule has 17 heteroatoms. The predicted molar refractivity (Wildman–Crippen MR) is 504 cm³/mol. The van der Waals surface area contributed by atoms with Crippen LogP contribution in [0.5, 0.6) is 0 Å². The molecule has 0 rings (SSSR count). The maximum Gasteiger partial charge on any atom is 0.508 e. The summed E-state index contributed by atoms with van der Waals surface area (Å²) < 4.78 is 40.0. The Morgan fingerprint density at radius 1 is 0.218 bits per heavy atom. The number of carbonyl (C=O) groups excluding carboxylic acids is 6. The summed E-state index contributed by atoms with van der Waals surface area (Å²) in [7, 11) is 0. The van der Waals surface area contributed by atoms with Gasteiger partial charge in [-0.15, -0.1) is 0 Å². The number of carbonyl (C=O) groups is 6. The van der Waals surface area contributed by atoms with Crippen molar-refractivity contribution in [2.45, 2.75) is 501 Å². The lowest BCUT2D eigenvalue weighted by Gasteiger charge is -2.26. The summed E-state index contributed by atoms with van der Waals surface area (Å²) in [5.41, 5.74) is 0. The van der Waals surface area contributed by atoms with Crippen molar-refractivity contribution in [3.63, 3.8) is 0 Å². The first-order valence-electron chi connectivity index (χ1n) is 51.6. The molecule has 708 valence electrons. The number of unbranched alkanes of at least 4 members (excludes halogenated alkanes) is 38. The van der Waals surface area contributed by atoms with Crippen molar-refractivity contribution in [2.75, 3.05) is 112 Å². The van der Waals surface area contributed by atoms with Gasteiger partial charge in [0, 0.05) is 71.5 Å². The lowest BCUT2D eigenvalue weighted by molar-refractivity contribution is -0.146. The average molecular weight is 1690 g/mol. The molecule has 4 unspecified atom stereocenters. The molecule has 4 atom stereocenters. The number of likely N-dealkylation sites (N-methyl/N-ethyl adjacent to an activating group) is 2. The maximum atomic E-state index is 12.9. The molecule has 0 aromatic rings. The highest BCUT2D eigenvalue weighted by Gasteiger charge is 2.22. The van der Waals surface area contributed by atoms with Gasteiger partial charge in [-0.3, -0.25) is 24.2 Å². The highest BCUT2D eigenvalue weighted by molar-refractivity contribution is 5.75. The Kier molecular flexibility index (Phi) is 97.2. The van der Waals surface area contributed by atoms with Crippen LogP contribution in [0.3, 0.4) is 0 Å². The highest BCUT2D eigenvalue weighted by Crippen LogP contribution is 2.24. The summed E-state index contributed by atoms with van der Waals surface area (Å²) in [4.78, 5) is 83.6. The monoisotopic (exact) mass is 1690 g/mol. The SMILES string of the molecule is CCCCCCCCC(CCCCCC)COC(=O)CCCC(CCCCCC)OC(=O)OCCN(CCC)CCN(CC)CC.CCCCCCCCCCCC(=O)OCCN(CCOC(=O)OC(CCCCCC)CCCC(=O)OCC(CCCCCC)CCCCCCCC)CCN(CC)CC.CCCCCCCCCCCC(C)=O. The van der Waals surface area contributed by atoms with Crippen molar-refractivity contribution >= 4 is 36.0 Å². The molecule has 0 N–H and O–H groups in total. The smallest absolute Gasteiger partial charge is 0.465 e. The van der Waals surface area contributed by atoms with Gasteiger partial charge in [0.15, 0.2) is 0 Å². The van der Waals surface area contributed by atoms with Crippen molar-refractivity contribution in [1.29, 1.82) is 0 Å². The van der Waals surface area contributed by atoms with E-state index in [1.165, 1.54) is 238 Å². The third kappa shape index (κ3) is 89.1. The van der Waals surface area contributed by atoms with E-state index in [9.17, 15) is 28.8 Å². The van der Waals surface area contributed by atoms with E-state index in [1.807, 2.05) is 0 Å². The first-order valence-corrected chi connectivity index (χ1v) is 51.6. The van der Waals surface area contributed by atoms with Crippen LogP contribution in [0.2, 0.25) is 0 Å². The standard InChI is InChI=1S/C50H98N2O7.C39H78N2O5.C13H26O/c1-7-13-17-21-23-24-25-27-31-37-48(53)56-43-41-52(40-39-51(11-5)12-6)42-44-57-50(55)59-47(35-30-20-16-10-4)36-32-38-49(54)58-45-46(33-28-19-15-9-3)34-29-26-22-18-14-8-2;1-7-13-16-19-20-22-26-36(25-21-17-14-8-2)35-45-38(42)29-24-28-37(27-23-18-15-9-3)46-39(43)44-34-33-41(30-10-4)32-31-40(11-5)12-6;1-3-4-5-6-7-8-9-10-11-12-13(2)14/h46-47H,7-45H2,1-6H3;36-37H,7-35H2,1-6H3;3-12H2,1-2H3. The van der Waals surface area contributed by atoms with E-state index in [4.69, 9.17) is 33.2 Å². The fourth-order valence-corrected chi connectivity index (χ4v) is 15.5. The second kappa shape index (κ2) is 96.7. The van der Waals surface area contributed by atoms with Crippen LogP contribution in [0.15, 0.2) is 0 Å². The molecule has 0 fully saturated rings. The number of esters is 3. The number of ether oxygens (including phenoxy) is 7. The lowest BCUT2D eigenvalue weighted by atomic mass is 9.95. The van der Waals surface area contributed by atoms with Crippen LogP contribution < -0.4 is 0 Å². The number of hydrogen-bond acceptors (Lipinski definition) is 17. The van der Waals surface area contributed by atoms with Crippen LogP contribution in [0.25, 0.3) is 0 Å². The molecule has 0 bridgehead atoms. The highest BCUT2D eigenvalue weighted by atomic mass is 16.7. The number of hydrogen-bond donors (Lipinski definition) is 0. The summed E-state index contributed by atoms with van der Waals surface area (Å²) in [6, 6.07) is 0. The van der Waals surface area contributed by atoms with E-state index < -0.39 is 12.3 Å². The summed E-state index contributed by atoms with van der Waals surface area (Å²) >= 11 is 0. The van der Waals surface area contributed by atoms with Crippen molar-refractivity contribution in [3.8, 4) is 0 Å². The zero-order valence-corrected chi connectivity index (χ0v) is 81.6. The van der Waals surface area contributed by atoms with Gasteiger partial charge in [-0.1, -0.05) is 360 Å². The Hall–Kier alpha value is -3.54. The Labute approximate surface area is 737 Å². The van der Waals surface area contributed by atoms with Crippen LogP contribution >= 0.6 is 0 Å². The van der Waals surface area contributed by atoms with Gasteiger partial charge in [0.1, 0.15) is 37.8 Å². The Morgan fingerprint density at radius 3 is 0.756 bits per heavy atom. The predicted octanol–water partition coefficient (Wildman–Crippen LogP) is 28.7. The van der Waals surface area contributed by atoms with Gasteiger partial charge >= 0.3 is 30.2 Å². The Bertz CT molecular complexity index is 2130.